The SMILES string of the molecule is COC=CCC1C(O)(CC=COC)CCC1(CC=COC)N1CCN(C)CC1. The van der Waals surface area contributed by atoms with Gasteiger partial charge in [0.15, 0.2) is 0 Å². The van der Waals surface area contributed by atoms with E-state index in [0.29, 0.717) is 6.42 Å². The van der Waals surface area contributed by atoms with Crippen molar-refractivity contribution in [3.05, 3.63) is 37.0 Å². The van der Waals surface area contributed by atoms with Crippen LogP contribution in [0.5, 0.6) is 0 Å². The lowest BCUT2D eigenvalue weighted by Gasteiger charge is -2.50. The van der Waals surface area contributed by atoms with E-state index in [2.05, 4.69) is 22.9 Å². The van der Waals surface area contributed by atoms with E-state index in [1.165, 1.54) is 0 Å². The van der Waals surface area contributed by atoms with E-state index >= 15 is 0 Å². The molecule has 0 spiro atoms. The number of hydrogen-bond donors (Lipinski definition) is 1. The van der Waals surface area contributed by atoms with Crippen molar-refractivity contribution in [3.8, 4) is 0 Å². The summed E-state index contributed by atoms with van der Waals surface area (Å²) >= 11 is 0. The molecule has 0 aromatic rings. The second kappa shape index (κ2) is 10.9. The quantitative estimate of drug-likeness (QED) is 0.575. The highest BCUT2D eigenvalue weighted by molar-refractivity contribution is 5.16. The summed E-state index contributed by atoms with van der Waals surface area (Å²) in [4.78, 5) is 4.98. The summed E-state index contributed by atoms with van der Waals surface area (Å²) in [5.74, 6) is 0.0952. The molecule has 28 heavy (non-hydrogen) atoms. The lowest BCUT2D eigenvalue weighted by molar-refractivity contribution is -0.0559. The first-order valence-electron chi connectivity index (χ1n) is 10.2. The highest BCUT2D eigenvalue weighted by Gasteiger charge is 2.57. The number of piperazine rings is 1. The molecule has 1 aliphatic carbocycles. The number of ether oxygens (including phenoxy) is 3. The molecule has 6 nitrogen and oxygen atoms in total. The second-order valence-electron chi connectivity index (χ2n) is 8.02. The van der Waals surface area contributed by atoms with Gasteiger partial charge in [-0.2, -0.15) is 0 Å². The third kappa shape index (κ3) is 5.31. The van der Waals surface area contributed by atoms with E-state index in [-0.39, 0.29) is 11.5 Å². The van der Waals surface area contributed by atoms with E-state index < -0.39 is 5.60 Å². The predicted octanol–water partition coefficient (Wildman–Crippen LogP) is 2.76. The maximum atomic E-state index is 11.7. The van der Waals surface area contributed by atoms with Gasteiger partial charge in [-0.25, -0.2) is 0 Å². The largest absolute Gasteiger partial charge is 0.505 e. The zero-order valence-electron chi connectivity index (χ0n) is 18.0. The normalized spacial score (nSPS) is 32.7. The Bertz CT molecular complexity index is 543. The molecule has 0 aromatic heterocycles. The number of allylic oxidation sites excluding steroid dienone is 1. The van der Waals surface area contributed by atoms with Gasteiger partial charge in [0.05, 0.1) is 45.7 Å². The number of rotatable bonds is 10. The minimum atomic E-state index is -0.766. The summed E-state index contributed by atoms with van der Waals surface area (Å²) in [5, 5.41) is 11.7. The summed E-state index contributed by atoms with van der Waals surface area (Å²) in [7, 11) is 7.15. The summed E-state index contributed by atoms with van der Waals surface area (Å²) in [6, 6.07) is 0. The van der Waals surface area contributed by atoms with Crippen molar-refractivity contribution in [2.24, 2.45) is 5.92 Å². The topological polar surface area (TPSA) is 54.4 Å². The van der Waals surface area contributed by atoms with Gasteiger partial charge in [0.1, 0.15) is 0 Å². The molecule has 1 aliphatic heterocycles. The van der Waals surface area contributed by atoms with Crippen molar-refractivity contribution in [2.45, 2.75) is 43.2 Å². The first kappa shape index (κ1) is 22.8. The van der Waals surface area contributed by atoms with Crippen LogP contribution in [0.15, 0.2) is 37.0 Å². The smallest absolute Gasteiger partial charge is 0.0785 e. The van der Waals surface area contributed by atoms with Gasteiger partial charge in [-0.1, -0.05) is 0 Å². The lowest BCUT2D eigenvalue weighted by atomic mass is 9.73. The van der Waals surface area contributed by atoms with Gasteiger partial charge in [0, 0.05) is 37.6 Å². The van der Waals surface area contributed by atoms with Crippen LogP contribution in [0.1, 0.15) is 32.1 Å². The van der Waals surface area contributed by atoms with Gasteiger partial charge in [-0.3, -0.25) is 4.90 Å². The minimum absolute atomic E-state index is 0.0932. The van der Waals surface area contributed by atoms with Crippen LogP contribution in [0.25, 0.3) is 0 Å². The lowest BCUT2D eigenvalue weighted by Crippen LogP contribution is -2.60. The zero-order chi connectivity index (χ0) is 20.5. The third-order valence-electron chi connectivity index (χ3n) is 6.43. The van der Waals surface area contributed by atoms with E-state index in [4.69, 9.17) is 14.2 Å². The average Bonchev–Trinajstić information content (AvgIpc) is 2.97. The summed E-state index contributed by atoms with van der Waals surface area (Å²) in [6.45, 7) is 4.15. The van der Waals surface area contributed by atoms with Crippen LogP contribution in [0.4, 0.5) is 0 Å². The van der Waals surface area contributed by atoms with Crippen LogP contribution in [0.3, 0.4) is 0 Å². The summed E-state index contributed by atoms with van der Waals surface area (Å²) < 4.78 is 15.4. The summed E-state index contributed by atoms with van der Waals surface area (Å²) in [5.41, 5.74) is -0.860. The molecule has 0 bridgehead atoms. The molecule has 2 fully saturated rings. The Hall–Kier alpha value is -1.50. The molecule has 0 radical (unpaired) electrons. The first-order valence-corrected chi connectivity index (χ1v) is 10.2. The zero-order valence-corrected chi connectivity index (χ0v) is 18.0. The Morgan fingerprint density at radius 2 is 1.43 bits per heavy atom. The Morgan fingerprint density at radius 3 is 2.04 bits per heavy atom. The predicted molar refractivity (Wildman–Crippen MR) is 112 cm³/mol. The van der Waals surface area contributed by atoms with Crippen molar-refractivity contribution >= 4 is 0 Å². The van der Waals surface area contributed by atoms with Gasteiger partial charge in [0.25, 0.3) is 0 Å². The van der Waals surface area contributed by atoms with Crippen LogP contribution in [0.2, 0.25) is 0 Å². The molecule has 1 N–H and O–H groups in total. The van der Waals surface area contributed by atoms with Crippen LogP contribution in [-0.2, 0) is 14.2 Å². The van der Waals surface area contributed by atoms with Gasteiger partial charge in [0.2, 0.25) is 0 Å². The number of nitrogens with zero attached hydrogens (tertiary/aromatic N) is 2. The molecule has 6 heteroatoms. The van der Waals surface area contributed by atoms with Gasteiger partial charge in [-0.05, 0) is 57.4 Å². The molecule has 1 saturated carbocycles. The van der Waals surface area contributed by atoms with Crippen LogP contribution in [0, 0.1) is 5.92 Å². The van der Waals surface area contributed by atoms with Gasteiger partial charge < -0.3 is 24.2 Å². The molecule has 2 aliphatic rings. The minimum Gasteiger partial charge on any atom is -0.505 e. The fourth-order valence-electron chi connectivity index (χ4n) is 4.95. The molecule has 0 aromatic carbocycles. The molecule has 2 rings (SSSR count). The monoisotopic (exact) mass is 394 g/mol. The van der Waals surface area contributed by atoms with Crippen molar-refractivity contribution in [1.82, 2.24) is 9.80 Å². The van der Waals surface area contributed by atoms with Crippen molar-refractivity contribution in [1.29, 1.82) is 0 Å². The average molecular weight is 395 g/mol. The highest BCUT2D eigenvalue weighted by Crippen LogP contribution is 2.52. The molecule has 3 unspecified atom stereocenters. The van der Waals surface area contributed by atoms with E-state index in [1.807, 2.05) is 12.2 Å². The molecule has 1 saturated heterocycles. The van der Waals surface area contributed by atoms with E-state index in [9.17, 15) is 5.11 Å². The molecular formula is C22H38N2O4. The third-order valence-corrected chi connectivity index (χ3v) is 6.43. The highest BCUT2D eigenvalue weighted by atomic mass is 16.5. The maximum Gasteiger partial charge on any atom is 0.0785 e. The van der Waals surface area contributed by atoms with Crippen molar-refractivity contribution in [3.63, 3.8) is 0 Å². The van der Waals surface area contributed by atoms with Crippen LogP contribution < -0.4 is 0 Å². The van der Waals surface area contributed by atoms with Gasteiger partial charge >= 0.3 is 0 Å². The Kier molecular flexibility index (Phi) is 8.86. The van der Waals surface area contributed by atoms with E-state index in [0.717, 1.165) is 51.9 Å². The maximum absolute atomic E-state index is 11.7. The Balaban J connectivity index is 2.35. The van der Waals surface area contributed by atoms with Crippen molar-refractivity contribution < 1.29 is 19.3 Å². The molecule has 1 heterocycles. The standard InChI is InChI=1S/C22H38N2O4/c1-23-13-15-24(16-14-23)21(9-6-18-27-3)11-12-22(25,10-7-19-28-4)20(21)8-5-17-26-2/h5-7,17-20,25H,8-16H2,1-4H3. The van der Waals surface area contributed by atoms with Crippen molar-refractivity contribution in [2.75, 3.05) is 54.6 Å². The number of aliphatic hydroxyl groups is 1. The first-order chi connectivity index (χ1) is 13.5. The van der Waals surface area contributed by atoms with E-state index in [1.54, 1.807) is 40.1 Å². The fraction of sp³-hybridized carbons (Fsp3) is 0.727. The summed E-state index contributed by atoms with van der Waals surface area (Å²) in [6.07, 6.45) is 15.2. The molecular weight excluding hydrogens is 356 g/mol. The van der Waals surface area contributed by atoms with Gasteiger partial charge in [-0.15, -0.1) is 0 Å². The second-order valence-corrected chi connectivity index (χ2v) is 8.02. The Morgan fingerprint density at radius 1 is 0.857 bits per heavy atom. The molecule has 3 atom stereocenters. The Labute approximate surface area is 170 Å². The fourth-order valence-corrected chi connectivity index (χ4v) is 4.95. The molecule has 0 amide bonds. The molecule has 160 valence electrons. The number of methoxy groups -OCH3 is 3. The van der Waals surface area contributed by atoms with Crippen LogP contribution in [-0.4, -0.2) is 80.6 Å². The van der Waals surface area contributed by atoms with Crippen LogP contribution >= 0.6 is 0 Å². The number of likely N-dealkylation sites (N-methyl/N-ethyl adjacent to an activating group) is 1. The number of hydrogen-bond acceptors (Lipinski definition) is 6.